The summed E-state index contributed by atoms with van der Waals surface area (Å²) >= 11 is 0. The minimum atomic E-state index is -3.19. The van der Waals surface area contributed by atoms with Crippen LogP contribution in [0, 0.1) is 0 Å². The summed E-state index contributed by atoms with van der Waals surface area (Å²) in [7, 11) is -1.47. The van der Waals surface area contributed by atoms with Crippen molar-refractivity contribution < 1.29 is 22.7 Å². The Balaban J connectivity index is 1.59. The maximum atomic E-state index is 12.8. The van der Waals surface area contributed by atoms with Crippen molar-refractivity contribution in [1.82, 2.24) is 20.4 Å². The van der Waals surface area contributed by atoms with E-state index in [-0.39, 0.29) is 43.2 Å². The molecule has 1 aliphatic heterocycles. The van der Waals surface area contributed by atoms with Crippen LogP contribution in [0.4, 0.5) is 0 Å². The van der Waals surface area contributed by atoms with Crippen LogP contribution in [0.25, 0.3) is 0 Å². The molecule has 1 aromatic heterocycles. The molecule has 1 atom stereocenters. The standard InChI is InChI=1S/C20H26N4O5S/c1-24-19(20(26)22-11-14-6-4-3-5-7-14)16-10-15(29-13-17(16)23-24)12-21-18(25)8-9-30(2,27)28/h3-7,15H,8-13H2,1-2H3,(H,21,25)(H,22,26). The number of nitrogens with zero attached hydrogens (tertiary/aromatic N) is 2. The number of hydrogen-bond donors (Lipinski definition) is 2. The van der Waals surface area contributed by atoms with Crippen LogP contribution in [-0.4, -0.2) is 54.7 Å². The van der Waals surface area contributed by atoms with Crippen molar-refractivity contribution in [2.24, 2.45) is 7.05 Å². The minimum Gasteiger partial charge on any atom is -0.370 e. The first kappa shape index (κ1) is 22.0. The maximum Gasteiger partial charge on any atom is 0.270 e. The molecule has 1 unspecified atom stereocenters. The number of carbonyl (C=O) groups excluding carboxylic acids is 2. The SMILES string of the molecule is Cn1nc2c(c1C(=O)NCc1ccccc1)CC(CNC(=O)CCS(C)(=O)=O)OC2. The zero-order valence-corrected chi connectivity index (χ0v) is 17.9. The largest absolute Gasteiger partial charge is 0.370 e. The normalized spacial score (nSPS) is 16.0. The van der Waals surface area contributed by atoms with Gasteiger partial charge in [-0.3, -0.25) is 14.3 Å². The molecule has 0 saturated heterocycles. The van der Waals surface area contributed by atoms with E-state index in [1.807, 2.05) is 30.3 Å². The third kappa shape index (κ3) is 5.90. The van der Waals surface area contributed by atoms with Gasteiger partial charge in [-0.2, -0.15) is 5.10 Å². The number of rotatable bonds is 8. The second-order valence-electron chi connectivity index (χ2n) is 7.39. The highest BCUT2D eigenvalue weighted by Crippen LogP contribution is 2.23. The Labute approximate surface area is 175 Å². The summed E-state index contributed by atoms with van der Waals surface area (Å²) in [6, 6.07) is 9.63. The van der Waals surface area contributed by atoms with Crippen LogP contribution in [0.3, 0.4) is 0 Å². The van der Waals surface area contributed by atoms with E-state index in [4.69, 9.17) is 4.74 Å². The fraction of sp³-hybridized carbons (Fsp3) is 0.450. The molecule has 0 spiro atoms. The highest BCUT2D eigenvalue weighted by molar-refractivity contribution is 7.90. The first-order valence-electron chi connectivity index (χ1n) is 9.66. The van der Waals surface area contributed by atoms with Crippen molar-refractivity contribution >= 4 is 21.7 Å². The summed E-state index contributed by atoms with van der Waals surface area (Å²) in [6.45, 7) is 0.900. The Morgan fingerprint density at radius 3 is 2.67 bits per heavy atom. The Bertz CT molecular complexity index is 1020. The van der Waals surface area contributed by atoms with Crippen molar-refractivity contribution in [3.05, 3.63) is 52.8 Å². The predicted octanol–water partition coefficient (Wildman–Crippen LogP) is 0.342. The van der Waals surface area contributed by atoms with Crippen LogP contribution in [0.15, 0.2) is 30.3 Å². The highest BCUT2D eigenvalue weighted by Gasteiger charge is 2.29. The molecule has 0 radical (unpaired) electrons. The summed E-state index contributed by atoms with van der Waals surface area (Å²) in [6.07, 6.45) is 1.13. The van der Waals surface area contributed by atoms with Gasteiger partial charge in [0.1, 0.15) is 15.5 Å². The molecule has 10 heteroatoms. The number of fused-ring (bicyclic) bond motifs is 1. The van der Waals surface area contributed by atoms with E-state index in [1.54, 1.807) is 11.7 Å². The topological polar surface area (TPSA) is 119 Å². The average Bonchev–Trinajstić information content (AvgIpc) is 3.04. The van der Waals surface area contributed by atoms with Crippen molar-refractivity contribution in [1.29, 1.82) is 0 Å². The van der Waals surface area contributed by atoms with Crippen LogP contribution in [-0.2, 0) is 46.0 Å². The molecule has 1 aromatic carbocycles. The van der Waals surface area contributed by atoms with Gasteiger partial charge in [0, 0.05) is 44.8 Å². The molecule has 3 rings (SSSR count). The van der Waals surface area contributed by atoms with Crippen molar-refractivity contribution in [2.45, 2.75) is 32.1 Å². The second-order valence-corrected chi connectivity index (χ2v) is 9.65. The van der Waals surface area contributed by atoms with Gasteiger partial charge in [0.25, 0.3) is 5.91 Å². The lowest BCUT2D eigenvalue weighted by molar-refractivity contribution is -0.121. The lowest BCUT2D eigenvalue weighted by Gasteiger charge is -2.23. The summed E-state index contributed by atoms with van der Waals surface area (Å²) in [5, 5.41) is 10.0. The Kier molecular flexibility index (Phi) is 6.88. The number of nitrogens with one attached hydrogen (secondary N) is 2. The van der Waals surface area contributed by atoms with E-state index in [1.165, 1.54) is 0 Å². The summed E-state index contributed by atoms with van der Waals surface area (Å²) in [4.78, 5) is 24.6. The van der Waals surface area contributed by atoms with Gasteiger partial charge < -0.3 is 15.4 Å². The number of amides is 2. The minimum absolute atomic E-state index is 0.0865. The Morgan fingerprint density at radius 1 is 1.23 bits per heavy atom. The monoisotopic (exact) mass is 434 g/mol. The van der Waals surface area contributed by atoms with Crippen molar-refractivity contribution in [3.8, 4) is 0 Å². The Morgan fingerprint density at radius 2 is 1.97 bits per heavy atom. The van der Waals surface area contributed by atoms with E-state index in [2.05, 4.69) is 15.7 Å². The molecule has 2 heterocycles. The number of ether oxygens (including phenoxy) is 1. The fourth-order valence-electron chi connectivity index (χ4n) is 3.31. The van der Waals surface area contributed by atoms with Gasteiger partial charge in [0.05, 0.1) is 24.2 Å². The lowest BCUT2D eigenvalue weighted by Crippen LogP contribution is -2.37. The first-order chi connectivity index (χ1) is 14.2. The predicted molar refractivity (Wildman–Crippen MR) is 110 cm³/mol. The van der Waals surface area contributed by atoms with Gasteiger partial charge in [-0.05, 0) is 5.56 Å². The molecular formula is C20H26N4O5S. The van der Waals surface area contributed by atoms with Gasteiger partial charge in [-0.25, -0.2) is 8.42 Å². The van der Waals surface area contributed by atoms with E-state index in [0.29, 0.717) is 24.4 Å². The summed E-state index contributed by atoms with van der Waals surface area (Å²) in [5.41, 5.74) is 3.00. The summed E-state index contributed by atoms with van der Waals surface area (Å²) in [5.74, 6) is -0.752. The van der Waals surface area contributed by atoms with E-state index >= 15 is 0 Å². The van der Waals surface area contributed by atoms with Crippen molar-refractivity contribution in [3.63, 3.8) is 0 Å². The van der Waals surface area contributed by atoms with Crippen LogP contribution < -0.4 is 10.6 Å². The van der Waals surface area contributed by atoms with Gasteiger partial charge in [0.15, 0.2) is 0 Å². The molecule has 1 aliphatic rings. The van der Waals surface area contributed by atoms with Crippen LogP contribution in [0.1, 0.15) is 33.7 Å². The third-order valence-electron chi connectivity index (χ3n) is 4.85. The third-order valence-corrected chi connectivity index (χ3v) is 5.80. The quantitative estimate of drug-likeness (QED) is 0.618. The smallest absolute Gasteiger partial charge is 0.270 e. The maximum absolute atomic E-state index is 12.8. The van der Waals surface area contributed by atoms with E-state index < -0.39 is 9.84 Å². The van der Waals surface area contributed by atoms with Gasteiger partial charge in [-0.15, -0.1) is 0 Å². The molecule has 30 heavy (non-hydrogen) atoms. The number of hydrogen-bond acceptors (Lipinski definition) is 6. The van der Waals surface area contributed by atoms with Crippen LogP contribution in [0.5, 0.6) is 0 Å². The van der Waals surface area contributed by atoms with Gasteiger partial charge >= 0.3 is 0 Å². The first-order valence-corrected chi connectivity index (χ1v) is 11.7. The number of aromatic nitrogens is 2. The highest BCUT2D eigenvalue weighted by atomic mass is 32.2. The van der Waals surface area contributed by atoms with E-state index in [9.17, 15) is 18.0 Å². The van der Waals surface area contributed by atoms with Gasteiger partial charge in [0.2, 0.25) is 5.91 Å². The zero-order valence-electron chi connectivity index (χ0n) is 17.1. The average molecular weight is 435 g/mol. The molecule has 162 valence electrons. The molecular weight excluding hydrogens is 408 g/mol. The second kappa shape index (κ2) is 9.40. The molecule has 0 fully saturated rings. The van der Waals surface area contributed by atoms with Crippen LogP contribution >= 0.6 is 0 Å². The number of sulfone groups is 1. The molecule has 0 saturated carbocycles. The molecule has 0 bridgehead atoms. The lowest BCUT2D eigenvalue weighted by atomic mass is 10.0. The zero-order chi connectivity index (χ0) is 21.7. The number of carbonyl (C=O) groups is 2. The molecule has 9 nitrogen and oxygen atoms in total. The number of aryl methyl sites for hydroxylation is 1. The Hall–Kier alpha value is -2.72. The number of benzene rings is 1. The van der Waals surface area contributed by atoms with Gasteiger partial charge in [-0.1, -0.05) is 30.3 Å². The van der Waals surface area contributed by atoms with E-state index in [0.717, 1.165) is 17.4 Å². The molecule has 2 N–H and O–H groups in total. The summed E-state index contributed by atoms with van der Waals surface area (Å²) < 4.78 is 29.6. The molecule has 2 aromatic rings. The van der Waals surface area contributed by atoms with Crippen LogP contribution in [0.2, 0.25) is 0 Å². The fourth-order valence-corrected chi connectivity index (χ4v) is 3.86. The molecule has 2 amide bonds. The van der Waals surface area contributed by atoms with Crippen molar-refractivity contribution in [2.75, 3.05) is 18.6 Å². The molecule has 0 aliphatic carbocycles.